The Kier molecular flexibility index (Phi) is 69.0. The topological polar surface area (TPSA) is 237 Å². The number of phosphoric acid groups is 2. The molecule has 0 rings (SSSR count). The Labute approximate surface area is 607 Å². The largest absolute Gasteiger partial charge is 0.472 e. The van der Waals surface area contributed by atoms with E-state index in [4.69, 9.17) is 37.0 Å². The Balaban J connectivity index is 5.12. The van der Waals surface area contributed by atoms with Crippen LogP contribution in [-0.2, 0) is 65.4 Å². The van der Waals surface area contributed by atoms with Gasteiger partial charge in [-0.05, 0) is 43.4 Å². The highest BCUT2D eigenvalue weighted by Gasteiger charge is 2.30. The zero-order valence-corrected chi connectivity index (χ0v) is 66.8. The molecule has 0 aliphatic carbocycles. The molecule has 0 aliphatic rings. The van der Waals surface area contributed by atoms with Gasteiger partial charge in [-0.1, -0.05) is 363 Å². The molecule has 99 heavy (non-hydrogen) atoms. The lowest BCUT2D eigenvalue weighted by molar-refractivity contribution is -0.161. The van der Waals surface area contributed by atoms with Crippen molar-refractivity contribution in [3.05, 3.63) is 0 Å². The summed E-state index contributed by atoms with van der Waals surface area (Å²) in [4.78, 5) is 72.7. The van der Waals surface area contributed by atoms with Crippen LogP contribution in [0.25, 0.3) is 0 Å². The lowest BCUT2D eigenvalue weighted by Crippen LogP contribution is -2.30. The average Bonchev–Trinajstić information content (AvgIpc) is 1.10. The monoisotopic (exact) mass is 1450 g/mol. The SMILES string of the molecule is CCCCCCCC(=O)OC[C@H](COP(=O)(O)OC[C@H](O)COP(=O)(O)OC[C@@H](COC(=O)CCCCCCCCCCCCCCCCC(C)C)OC(=O)CCCCCCCCCCCCCCCCCCCCC(C)C)OC(=O)CCCCCCCCCCCCCCCC(C)C. The number of hydrogen-bond acceptors (Lipinski definition) is 15. The van der Waals surface area contributed by atoms with E-state index in [0.717, 1.165) is 114 Å². The summed E-state index contributed by atoms with van der Waals surface area (Å²) in [5.41, 5.74) is 0. The summed E-state index contributed by atoms with van der Waals surface area (Å²) in [6.45, 7) is 11.9. The zero-order chi connectivity index (χ0) is 73.0. The van der Waals surface area contributed by atoms with E-state index in [1.807, 2.05) is 0 Å². The van der Waals surface area contributed by atoms with Crippen LogP contribution >= 0.6 is 15.6 Å². The van der Waals surface area contributed by atoms with E-state index in [9.17, 15) is 43.2 Å². The van der Waals surface area contributed by atoms with Crippen molar-refractivity contribution in [2.45, 2.75) is 433 Å². The van der Waals surface area contributed by atoms with Gasteiger partial charge in [0.25, 0.3) is 0 Å². The number of unbranched alkanes of at least 4 members (excludes halogenated alkanes) is 46. The highest BCUT2D eigenvalue weighted by atomic mass is 31.2. The Morgan fingerprint density at radius 1 is 0.273 bits per heavy atom. The van der Waals surface area contributed by atoms with Gasteiger partial charge in [0.15, 0.2) is 12.2 Å². The number of aliphatic hydroxyl groups is 1. The second kappa shape index (κ2) is 70.4. The minimum absolute atomic E-state index is 0.106. The second-order valence-corrected chi connectivity index (χ2v) is 33.1. The van der Waals surface area contributed by atoms with Crippen LogP contribution in [-0.4, -0.2) is 96.7 Å². The number of carbonyl (C=O) groups is 4. The van der Waals surface area contributed by atoms with Gasteiger partial charge < -0.3 is 33.8 Å². The third-order valence-electron chi connectivity index (χ3n) is 18.6. The first-order valence-corrected chi connectivity index (χ1v) is 44.3. The van der Waals surface area contributed by atoms with E-state index in [-0.39, 0.29) is 25.7 Å². The molecule has 0 saturated heterocycles. The Morgan fingerprint density at radius 3 is 0.687 bits per heavy atom. The molecule has 0 aromatic rings. The quantitative estimate of drug-likeness (QED) is 0.0222. The van der Waals surface area contributed by atoms with Gasteiger partial charge in [-0.25, -0.2) is 9.13 Å². The zero-order valence-electron chi connectivity index (χ0n) is 65.0. The first-order valence-electron chi connectivity index (χ1n) is 41.3. The van der Waals surface area contributed by atoms with Crippen LogP contribution in [0.3, 0.4) is 0 Å². The van der Waals surface area contributed by atoms with Crippen LogP contribution in [0, 0.1) is 17.8 Å². The Morgan fingerprint density at radius 2 is 0.465 bits per heavy atom. The van der Waals surface area contributed by atoms with Crippen LogP contribution in [0.1, 0.15) is 414 Å². The van der Waals surface area contributed by atoms with Gasteiger partial charge in [0.2, 0.25) is 0 Å². The molecule has 17 nitrogen and oxygen atoms in total. The highest BCUT2D eigenvalue weighted by Crippen LogP contribution is 2.45. The number of aliphatic hydroxyl groups excluding tert-OH is 1. The summed E-state index contributed by atoms with van der Waals surface area (Å²) in [5.74, 6) is 0.283. The first kappa shape index (κ1) is 97.1. The molecule has 0 amide bonds. The number of carbonyl (C=O) groups excluding carboxylic acids is 4. The fourth-order valence-electron chi connectivity index (χ4n) is 12.3. The first-order chi connectivity index (χ1) is 47.7. The molecule has 0 aliphatic heterocycles. The molecule has 588 valence electrons. The molecule has 0 aromatic carbocycles. The van der Waals surface area contributed by atoms with Crippen LogP contribution in [0.2, 0.25) is 0 Å². The maximum atomic E-state index is 13.1. The minimum atomic E-state index is -4.96. The predicted molar refractivity (Wildman–Crippen MR) is 405 cm³/mol. The van der Waals surface area contributed by atoms with Gasteiger partial charge in [-0.3, -0.25) is 37.3 Å². The van der Waals surface area contributed by atoms with Gasteiger partial charge in [0.1, 0.15) is 19.3 Å². The summed E-state index contributed by atoms with van der Waals surface area (Å²) >= 11 is 0. The van der Waals surface area contributed by atoms with Crippen molar-refractivity contribution in [2.75, 3.05) is 39.6 Å². The average molecular weight is 1450 g/mol. The molecular formula is C80H156O17P2. The van der Waals surface area contributed by atoms with Crippen LogP contribution in [0.5, 0.6) is 0 Å². The van der Waals surface area contributed by atoms with Crippen molar-refractivity contribution in [1.82, 2.24) is 0 Å². The molecule has 0 aromatic heterocycles. The van der Waals surface area contributed by atoms with Crippen LogP contribution in [0.4, 0.5) is 0 Å². The van der Waals surface area contributed by atoms with Gasteiger partial charge in [-0.2, -0.15) is 0 Å². The fourth-order valence-corrected chi connectivity index (χ4v) is 13.9. The van der Waals surface area contributed by atoms with E-state index in [0.29, 0.717) is 25.7 Å². The van der Waals surface area contributed by atoms with Gasteiger partial charge in [0, 0.05) is 25.7 Å². The van der Waals surface area contributed by atoms with Crippen molar-refractivity contribution in [1.29, 1.82) is 0 Å². The molecule has 0 saturated carbocycles. The van der Waals surface area contributed by atoms with E-state index in [1.54, 1.807) is 0 Å². The van der Waals surface area contributed by atoms with Crippen molar-refractivity contribution in [2.24, 2.45) is 17.8 Å². The Bertz CT molecular complexity index is 1920. The molecular weight excluding hydrogens is 1290 g/mol. The number of hydrogen-bond donors (Lipinski definition) is 3. The molecule has 3 N–H and O–H groups in total. The molecule has 0 spiro atoms. The standard InChI is InChI=1S/C80H156O17P2/c1-8-9-10-44-54-61-77(82)90-67-75(96-79(84)63-57-50-43-37-31-25-19-22-28-34-40-47-53-60-73(6)7)69-94-98(86,87)92-65-74(81)66-93-99(88,89)95-70-76(68-91-78(83)62-55-48-41-35-29-23-18-17-21-27-33-39-46-52-59-72(4)5)97-80(85)64-56-49-42-36-30-24-16-14-12-11-13-15-20-26-32-38-45-51-58-71(2)3/h71-76,81H,8-70H2,1-7H3,(H,86,87)(H,88,89)/t74-,75+,76+/m0/s1. The van der Waals surface area contributed by atoms with Crippen molar-refractivity contribution >= 4 is 39.5 Å². The molecule has 0 fully saturated rings. The number of phosphoric ester groups is 2. The maximum Gasteiger partial charge on any atom is 0.472 e. The fraction of sp³-hybridized carbons (Fsp3) is 0.950. The van der Waals surface area contributed by atoms with Crippen molar-refractivity contribution in [3.63, 3.8) is 0 Å². The number of rotatable bonds is 78. The van der Waals surface area contributed by atoms with E-state index in [1.165, 1.54) is 218 Å². The Hall–Kier alpha value is -1.94. The summed E-state index contributed by atoms with van der Waals surface area (Å²) in [6, 6.07) is 0. The molecule has 5 atom stereocenters. The molecule has 0 heterocycles. The summed E-state index contributed by atoms with van der Waals surface area (Å²) in [5, 5.41) is 10.6. The maximum absolute atomic E-state index is 13.1. The van der Waals surface area contributed by atoms with Gasteiger partial charge in [-0.15, -0.1) is 0 Å². The lowest BCUT2D eigenvalue weighted by Gasteiger charge is -2.21. The highest BCUT2D eigenvalue weighted by molar-refractivity contribution is 7.47. The summed E-state index contributed by atoms with van der Waals surface area (Å²) < 4.78 is 68.4. The third kappa shape index (κ3) is 74.1. The minimum Gasteiger partial charge on any atom is -0.462 e. The third-order valence-corrected chi connectivity index (χ3v) is 20.5. The normalized spacial score (nSPS) is 14.0. The van der Waals surface area contributed by atoms with Crippen LogP contribution in [0.15, 0.2) is 0 Å². The van der Waals surface area contributed by atoms with Gasteiger partial charge in [0.05, 0.1) is 26.4 Å². The molecule has 0 radical (unpaired) electrons. The molecule has 0 bridgehead atoms. The van der Waals surface area contributed by atoms with E-state index in [2.05, 4.69) is 48.5 Å². The summed E-state index contributed by atoms with van der Waals surface area (Å²) in [6.07, 6.45) is 58.7. The predicted octanol–water partition coefficient (Wildman–Crippen LogP) is 23.7. The van der Waals surface area contributed by atoms with E-state index < -0.39 is 97.5 Å². The number of ether oxygens (including phenoxy) is 4. The second-order valence-electron chi connectivity index (χ2n) is 30.2. The van der Waals surface area contributed by atoms with Crippen molar-refractivity contribution < 1.29 is 80.2 Å². The van der Waals surface area contributed by atoms with Gasteiger partial charge >= 0.3 is 39.5 Å². The van der Waals surface area contributed by atoms with E-state index >= 15 is 0 Å². The molecule has 19 heteroatoms. The smallest absolute Gasteiger partial charge is 0.462 e. The van der Waals surface area contributed by atoms with Crippen LogP contribution < -0.4 is 0 Å². The summed E-state index contributed by atoms with van der Waals surface area (Å²) in [7, 11) is -9.91. The lowest BCUT2D eigenvalue weighted by atomic mass is 10.0. The molecule has 2 unspecified atom stereocenters. The van der Waals surface area contributed by atoms with Crippen molar-refractivity contribution in [3.8, 4) is 0 Å². The number of esters is 4.